The van der Waals surface area contributed by atoms with Gasteiger partial charge in [-0.05, 0) is 49.7 Å². The number of fused-ring (bicyclic) bond motifs is 2. The summed E-state index contributed by atoms with van der Waals surface area (Å²) in [6, 6.07) is 9.67. The summed E-state index contributed by atoms with van der Waals surface area (Å²) in [5.41, 5.74) is 2.51. The normalized spacial score (nSPS) is 21.2. The Morgan fingerprint density at radius 2 is 1.65 bits per heavy atom. The first-order valence-electron chi connectivity index (χ1n) is 11.8. The molecule has 1 aliphatic heterocycles. The lowest BCUT2D eigenvalue weighted by molar-refractivity contribution is -0.142. The standard InChI is InChI=1S/C26H27N3O4S/c30-21(15-29-25(32)17-10-4-5-11-18(17)26(29)33)28-24-22(19-12-6-7-13-20(19)34-24)23(31)27-14-16-8-2-1-3-9-16/h1-5,8-9,17-18H,6-7,10-15H2,(H,27,31)(H,28,30). The van der Waals surface area contributed by atoms with Crippen LogP contribution in [-0.4, -0.2) is 35.1 Å². The van der Waals surface area contributed by atoms with Crippen LogP contribution in [0.5, 0.6) is 0 Å². The van der Waals surface area contributed by atoms with Gasteiger partial charge in [-0.25, -0.2) is 0 Å². The van der Waals surface area contributed by atoms with Gasteiger partial charge in [-0.1, -0.05) is 42.5 Å². The number of hydrogen-bond donors (Lipinski definition) is 2. The van der Waals surface area contributed by atoms with Gasteiger partial charge in [0.15, 0.2) is 0 Å². The maximum absolute atomic E-state index is 13.2. The van der Waals surface area contributed by atoms with E-state index in [2.05, 4.69) is 10.6 Å². The van der Waals surface area contributed by atoms with Gasteiger partial charge in [-0.2, -0.15) is 0 Å². The lowest BCUT2D eigenvalue weighted by Gasteiger charge is -2.15. The highest BCUT2D eigenvalue weighted by atomic mass is 32.1. The minimum Gasteiger partial charge on any atom is -0.348 e. The van der Waals surface area contributed by atoms with Crippen LogP contribution in [0.4, 0.5) is 5.00 Å². The molecular formula is C26H27N3O4S. The first-order valence-corrected chi connectivity index (χ1v) is 12.6. The second kappa shape index (κ2) is 9.54. The molecule has 1 aromatic carbocycles. The number of likely N-dealkylation sites (tertiary alicyclic amines) is 1. The Hall–Kier alpha value is -3.26. The topological polar surface area (TPSA) is 95.6 Å². The van der Waals surface area contributed by atoms with E-state index < -0.39 is 5.91 Å². The van der Waals surface area contributed by atoms with Crippen molar-refractivity contribution in [3.05, 3.63) is 64.1 Å². The van der Waals surface area contributed by atoms with Crippen molar-refractivity contribution in [2.45, 2.75) is 45.1 Å². The Morgan fingerprint density at radius 1 is 0.971 bits per heavy atom. The zero-order valence-electron chi connectivity index (χ0n) is 18.8. The van der Waals surface area contributed by atoms with E-state index in [4.69, 9.17) is 0 Å². The average Bonchev–Trinajstić information content (AvgIpc) is 3.33. The molecule has 2 aliphatic carbocycles. The van der Waals surface area contributed by atoms with E-state index in [-0.39, 0.29) is 36.1 Å². The average molecular weight is 478 g/mol. The van der Waals surface area contributed by atoms with Gasteiger partial charge < -0.3 is 10.6 Å². The van der Waals surface area contributed by atoms with Crippen molar-refractivity contribution in [1.82, 2.24) is 10.2 Å². The number of imide groups is 1. The number of rotatable bonds is 6. The number of amides is 4. The highest BCUT2D eigenvalue weighted by Crippen LogP contribution is 2.39. The summed E-state index contributed by atoms with van der Waals surface area (Å²) < 4.78 is 0. The SMILES string of the molecule is O=C(CN1C(=O)C2CC=CCC2C1=O)Nc1sc2c(c1C(=O)NCc1ccccc1)CCCC2. The van der Waals surface area contributed by atoms with E-state index in [0.717, 1.165) is 46.6 Å². The molecule has 8 heteroatoms. The molecule has 1 aromatic heterocycles. The molecule has 1 fully saturated rings. The van der Waals surface area contributed by atoms with E-state index in [1.54, 1.807) is 0 Å². The van der Waals surface area contributed by atoms with Crippen LogP contribution >= 0.6 is 11.3 Å². The quantitative estimate of drug-likeness (QED) is 0.492. The summed E-state index contributed by atoms with van der Waals surface area (Å²) in [6.45, 7) is 0.0730. The number of hydrogen-bond acceptors (Lipinski definition) is 5. The molecular weight excluding hydrogens is 450 g/mol. The smallest absolute Gasteiger partial charge is 0.254 e. The summed E-state index contributed by atoms with van der Waals surface area (Å²) in [5, 5.41) is 6.33. The number of benzene rings is 1. The third-order valence-electron chi connectivity index (χ3n) is 6.85. The Kier molecular flexibility index (Phi) is 6.32. The molecule has 4 amide bonds. The molecule has 0 saturated carbocycles. The van der Waals surface area contributed by atoms with Gasteiger partial charge in [0.05, 0.1) is 17.4 Å². The number of anilines is 1. The molecule has 176 valence electrons. The van der Waals surface area contributed by atoms with Crippen molar-refractivity contribution in [2.75, 3.05) is 11.9 Å². The van der Waals surface area contributed by atoms with Gasteiger partial charge in [0.25, 0.3) is 5.91 Å². The van der Waals surface area contributed by atoms with Crippen molar-refractivity contribution in [1.29, 1.82) is 0 Å². The first kappa shape index (κ1) is 22.5. The van der Waals surface area contributed by atoms with E-state index in [1.807, 2.05) is 42.5 Å². The van der Waals surface area contributed by atoms with Gasteiger partial charge >= 0.3 is 0 Å². The van der Waals surface area contributed by atoms with Gasteiger partial charge in [-0.3, -0.25) is 24.1 Å². The van der Waals surface area contributed by atoms with Gasteiger partial charge in [0.1, 0.15) is 11.5 Å². The lowest BCUT2D eigenvalue weighted by Crippen LogP contribution is -2.38. The fourth-order valence-electron chi connectivity index (χ4n) is 5.10. The summed E-state index contributed by atoms with van der Waals surface area (Å²) in [5.74, 6) is -1.95. The Balaban J connectivity index is 1.32. The predicted octanol–water partition coefficient (Wildman–Crippen LogP) is 3.45. The van der Waals surface area contributed by atoms with E-state index in [9.17, 15) is 19.2 Å². The zero-order chi connectivity index (χ0) is 23.7. The van der Waals surface area contributed by atoms with Crippen molar-refractivity contribution in [2.24, 2.45) is 11.8 Å². The molecule has 7 nitrogen and oxygen atoms in total. The van der Waals surface area contributed by atoms with Crippen LogP contribution in [-0.2, 0) is 33.8 Å². The summed E-state index contributed by atoms with van der Waals surface area (Å²) >= 11 is 1.43. The third-order valence-corrected chi connectivity index (χ3v) is 8.06. The molecule has 2 aromatic rings. The fraction of sp³-hybridized carbons (Fsp3) is 0.385. The molecule has 2 heterocycles. The second-order valence-electron chi connectivity index (χ2n) is 9.05. The molecule has 1 saturated heterocycles. The lowest BCUT2D eigenvalue weighted by atomic mass is 9.85. The molecule has 0 bridgehead atoms. The van der Waals surface area contributed by atoms with E-state index >= 15 is 0 Å². The van der Waals surface area contributed by atoms with Crippen LogP contribution in [0.15, 0.2) is 42.5 Å². The Morgan fingerprint density at radius 3 is 2.35 bits per heavy atom. The molecule has 3 aliphatic rings. The van der Waals surface area contributed by atoms with Crippen LogP contribution in [0.2, 0.25) is 0 Å². The van der Waals surface area contributed by atoms with E-state index in [1.165, 1.54) is 11.3 Å². The maximum atomic E-state index is 13.2. The van der Waals surface area contributed by atoms with Crippen LogP contribution < -0.4 is 10.6 Å². The van der Waals surface area contributed by atoms with Crippen molar-refractivity contribution < 1.29 is 19.2 Å². The fourth-order valence-corrected chi connectivity index (χ4v) is 6.40. The molecule has 2 N–H and O–H groups in total. The van der Waals surface area contributed by atoms with Crippen LogP contribution in [0.1, 0.15) is 52.0 Å². The molecule has 0 radical (unpaired) electrons. The minimum atomic E-state index is -0.455. The molecule has 2 unspecified atom stereocenters. The number of carbonyl (C=O) groups is 4. The number of nitrogens with zero attached hydrogens (tertiary/aromatic N) is 1. The number of thiophene rings is 1. The number of allylic oxidation sites excluding steroid dienone is 2. The van der Waals surface area contributed by atoms with Crippen molar-refractivity contribution >= 4 is 40.0 Å². The Labute approximate surface area is 202 Å². The van der Waals surface area contributed by atoms with Crippen LogP contribution in [0, 0.1) is 11.8 Å². The number of carbonyl (C=O) groups excluding carboxylic acids is 4. The third kappa shape index (κ3) is 4.30. The summed E-state index contributed by atoms with van der Waals surface area (Å²) in [7, 11) is 0. The highest BCUT2D eigenvalue weighted by Gasteiger charge is 2.47. The molecule has 5 rings (SSSR count). The molecule has 34 heavy (non-hydrogen) atoms. The summed E-state index contributed by atoms with van der Waals surface area (Å²) in [6.07, 6.45) is 8.67. The second-order valence-corrected chi connectivity index (χ2v) is 10.2. The van der Waals surface area contributed by atoms with Gasteiger partial charge in [0.2, 0.25) is 17.7 Å². The molecule has 2 atom stereocenters. The predicted molar refractivity (Wildman–Crippen MR) is 129 cm³/mol. The van der Waals surface area contributed by atoms with Gasteiger partial charge in [0, 0.05) is 11.4 Å². The van der Waals surface area contributed by atoms with E-state index in [0.29, 0.717) is 30.0 Å². The first-order chi connectivity index (χ1) is 16.5. The highest BCUT2D eigenvalue weighted by molar-refractivity contribution is 7.17. The maximum Gasteiger partial charge on any atom is 0.254 e. The molecule has 0 spiro atoms. The number of aryl methyl sites for hydroxylation is 1. The summed E-state index contributed by atoms with van der Waals surface area (Å²) in [4.78, 5) is 53.8. The monoisotopic (exact) mass is 477 g/mol. The Bertz CT molecular complexity index is 1140. The van der Waals surface area contributed by atoms with Crippen molar-refractivity contribution in [3.8, 4) is 0 Å². The minimum absolute atomic E-state index is 0.219. The van der Waals surface area contributed by atoms with Crippen molar-refractivity contribution in [3.63, 3.8) is 0 Å². The number of nitrogens with one attached hydrogen (secondary N) is 2. The largest absolute Gasteiger partial charge is 0.348 e. The van der Waals surface area contributed by atoms with Crippen LogP contribution in [0.3, 0.4) is 0 Å². The zero-order valence-corrected chi connectivity index (χ0v) is 19.7. The van der Waals surface area contributed by atoms with Gasteiger partial charge in [-0.15, -0.1) is 11.3 Å². The van der Waals surface area contributed by atoms with Crippen LogP contribution in [0.25, 0.3) is 0 Å².